The van der Waals surface area contributed by atoms with Crippen molar-refractivity contribution in [3.63, 3.8) is 0 Å². The zero-order valence-electron chi connectivity index (χ0n) is 22.2. The van der Waals surface area contributed by atoms with Gasteiger partial charge in [0, 0.05) is 19.5 Å². The van der Waals surface area contributed by atoms with Crippen molar-refractivity contribution in [1.29, 1.82) is 0 Å². The molecule has 0 fully saturated rings. The predicted molar refractivity (Wildman–Crippen MR) is 158 cm³/mol. The molecule has 0 radical (unpaired) electrons. The second-order valence-corrected chi connectivity index (χ2v) is 12.0. The molecule has 10 heteroatoms. The monoisotopic (exact) mass is 589 g/mol. The van der Waals surface area contributed by atoms with Crippen LogP contribution in [-0.4, -0.2) is 50.5 Å². The lowest BCUT2D eigenvalue weighted by Crippen LogP contribution is -2.53. The molecule has 1 N–H and O–H groups in total. The molecule has 0 bridgehead atoms. The number of aryl methyl sites for hydroxylation is 1. The maximum Gasteiger partial charge on any atom is 0.244 e. The van der Waals surface area contributed by atoms with E-state index in [2.05, 4.69) is 5.32 Å². The number of nitrogens with one attached hydrogen (secondary N) is 1. The lowest BCUT2D eigenvalue weighted by molar-refractivity contribution is -0.140. The standard InChI is InChI=1S/C29H33Cl2N3O4S/c1-4-16-32-29(36)27(18-22-11-6-5-7-12-22)33(19-23-14-15-24(30)25(31)17-23)28(35)20-34(39(3,37)38)26-13-9-8-10-21(26)2/h5-15,17,27H,4,16,18-20H2,1-3H3,(H,32,36)/t27-/m0/s1. The van der Waals surface area contributed by atoms with Crippen LogP contribution in [0.4, 0.5) is 5.69 Å². The number of halogens is 2. The lowest BCUT2D eigenvalue weighted by Gasteiger charge is -2.33. The first-order valence-electron chi connectivity index (χ1n) is 12.6. The first-order chi connectivity index (χ1) is 18.5. The number of sulfonamides is 1. The minimum atomic E-state index is -3.83. The second kappa shape index (κ2) is 13.8. The lowest BCUT2D eigenvalue weighted by atomic mass is 10.0. The Morgan fingerprint density at radius 2 is 1.59 bits per heavy atom. The number of para-hydroxylation sites is 1. The van der Waals surface area contributed by atoms with E-state index in [0.29, 0.717) is 33.4 Å². The van der Waals surface area contributed by atoms with E-state index in [-0.39, 0.29) is 18.9 Å². The van der Waals surface area contributed by atoms with Gasteiger partial charge in [-0.2, -0.15) is 0 Å². The molecule has 3 aromatic rings. The van der Waals surface area contributed by atoms with Gasteiger partial charge in [-0.15, -0.1) is 0 Å². The quantitative estimate of drug-likeness (QED) is 0.313. The number of rotatable bonds is 12. The molecule has 3 rings (SSSR count). The largest absolute Gasteiger partial charge is 0.354 e. The fourth-order valence-electron chi connectivity index (χ4n) is 4.19. The Hall–Kier alpha value is -3.07. The summed E-state index contributed by atoms with van der Waals surface area (Å²) in [7, 11) is -3.83. The van der Waals surface area contributed by atoms with Crippen LogP contribution in [0.2, 0.25) is 10.0 Å². The van der Waals surface area contributed by atoms with Gasteiger partial charge in [0.15, 0.2) is 0 Å². The van der Waals surface area contributed by atoms with Gasteiger partial charge >= 0.3 is 0 Å². The van der Waals surface area contributed by atoms with Crippen molar-refractivity contribution < 1.29 is 18.0 Å². The van der Waals surface area contributed by atoms with Crippen molar-refractivity contribution in [1.82, 2.24) is 10.2 Å². The Kier molecular flexibility index (Phi) is 10.8. The van der Waals surface area contributed by atoms with Crippen LogP contribution in [0.25, 0.3) is 0 Å². The number of amides is 2. The Labute approximate surface area is 240 Å². The maximum atomic E-state index is 14.0. The van der Waals surface area contributed by atoms with Crippen LogP contribution >= 0.6 is 23.2 Å². The maximum absolute atomic E-state index is 14.0. The fraction of sp³-hybridized carbons (Fsp3) is 0.310. The SMILES string of the molecule is CCCNC(=O)[C@H](Cc1ccccc1)N(Cc1ccc(Cl)c(Cl)c1)C(=O)CN(c1ccccc1C)S(C)(=O)=O. The third kappa shape index (κ3) is 8.46. The third-order valence-corrected chi connectivity index (χ3v) is 8.09. The summed E-state index contributed by atoms with van der Waals surface area (Å²) in [6.45, 7) is 3.71. The average Bonchev–Trinajstić information content (AvgIpc) is 2.90. The van der Waals surface area contributed by atoms with Crippen LogP contribution in [0.3, 0.4) is 0 Å². The van der Waals surface area contributed by atoms with Gasteiger partial charge in [-0.1, -0.05) is 84.7 Å². The summed E-state index contributed by atoms with van der Waals surface area (Å²) in [5.74, 6) is -0.849. The van der Waals surface area contributed by atoms with Crippen molar-refractivity contribution >= 4 is 50.7 Å². The first-order valence-corrected chi connectivity index (χ1v) is 15.2. The molecule has 0 aliphatic heterocycles. The number of hydrogen-bond donors (Lipinski definition) is 1. The molecule has 0 aromatic heterocycles. The average molecular weight is 591 g/mol. The van der Waals surface area contributed by atoms with Crippen LogP contribution < -0.4 is 9.62 Å². The Balaban J connectivity index is 2.07. The zero-order chi connectivity index (χ0) is 28.6. The molecule has 0 saturated heterocycles. The highest BCUT2D eigenvalue weighted by Crippen LogP contribution is 2.26. The predicted octanol–water partition coefficient (Wildman–Crippen LogP) is 5.23. The van der Waals surface area contributed by atoms with Crippen LogP contribution in [0.1, 0.15) is 30.0 Å². The van der Waals surface area contributed by atoms with Gasteiger partial charge in [0.25, 0.3) is 0 Å². The van der Waals surface area contributed by atoms with E-state index >= 15 is 0 Å². The van der Waals surface area contributed by atoms with E-state index in [1.54, 1.807) is 49.4 Å². The molecule has 0 aliphatic carbocycles. The van der Waals surface area contributed by atoms with Crippen LogP contribution in [0, 0.1) is 6.92 Å². The zero-order valence-corrected chi connectivity index (χ0v) is 24.6. The topological polar surface area (TPSA) is 86.8 Å². The van der Waals surface area contributed by atoms with Crippen molar-refractivity contribution in [3.8, 4) is 0 Å². The molecule has 0 unspecified atom stereocenters. The number of carbonyl (C=O) groups is 2. The van der Waals surface area contributed by atoms with Crippen LogP contribution in [0.15, 0.2) is 72.8 Å². The van der Waals surface area contributed by atoms with Crippen LogP contribution in [-0.2, 0) is 32.6 Å². The van der Waals surface area contributed by atoms with Crippen LogP contribution in [0.5, 0.6) is 0 Å². The summed E-state index contributed by atoms with van der Waals surface area (Å²) in [5, 5.41) is 3.58. The molecule has 7 nitrogen and oxygen atoms in total. The van der Waals surface area contributed by atoms with Gasteiger partial charge in [0.2, 0.25) is 21.8 Å². The van der Waals surface area contributed by atoms with E-state index in [1.165, 1.54) is 4.90 Å². The van der Waals surface area contributed by atoms with E-state index in [9.17, 15) is 18.0 Å². The van der Waals surface area contributed by atoms with Gasteiger partial charge in [0.05, 0.1) is 22.0 Å². The number of benzene rings is 3. The van der Waals surface area contributed by atoms with Gasteiger partial charge in [-0.25, -0.2) is 8.42 Å². The van der Waals surface area contributed by atoms with Crippen molar-refractivity contribution in [2.45, 2.75) is 39.3 Å². The summed E-state index contributed by atoms with van der Waals surface area (Å²) in [5.41, 5.74) is 2.62. The number of carbonyl (C=O) groups excluding carboxylic acids is 2. The molecule has 3 aromatic carbocycles. The van der Waals surface area contributed by atoms with Gasteiger partial charge < -0.3 is 10.2 Å². The van der Waals surface area contributed by atoms with E-state index < -0.39 is 28.5 Å². The Morgan fingerprint density at radius 1 is 0.923 bits per heavy atom. The molecule has 0 heterocycles. The van der Waals surface area contributed by atoms with Gasteiger partial charge in [0.1, 0.15) is 12.6 Å². The summed E-state index contributed by atoms with van der Waals surface area (Å²) >= 11 is 12.4. The Bertz CT molecular complexity index is 1400. The molecule has 1 atom stereocenters. The molecular formula is C29H33Cl2N3O4S. The van der Waals surface area contributed by atoms with E-state index in [1.807, 2.05) is 37.3 Å². The highest BCUT2D eigenvalue weighted by molar-refractivity contribution is 7.92. The highest BCUT2D eigenvalue weighted by atomic mass is 35.5. The normalized spacial score (nSPS) is 12.0. The summed E-state index contributed by atoms with van der Waals surface area (Å²) in [6, 6.07) is 20.4. The molecule has 39 heavy (non-hydrogen) atoms. The summed E-state index contributed by atoms with van der Waals surface area (Å²) < 4.78 is 26.8. The molecule has 208 valence electrons. The van der Waals surface area contributed by atoms with Crippen molar-refractivity contribution in [2.75, 3.05) is 23.7 Å². The van der Waals surface area contributed by atoms with Crippen molar-refractivity contribution in [2.24, 2.45) is 0 Å². The van der Waals surface area contributed by atoms with E-state index in [0.717, 1.165) is 22.5 Å². The highest BCUT2D eigenvalue weighted by Gasteiger charge is 2.33. The Morgan fingerprint density at radius 3 is 2.21 bits per heavy atom. The number of nitrogens with zero attached hydrogens (tertiary/aromatic N) is 2. The van der Waals surface area contributed by atoms with Gasteiger partial charge in [-0.05, 0) is 48.2 Å². The summed E-state index contributed by atoms with van der Waals surface area (Å²) in [4.78, 5) is 28.9. The first kappa shape index (κ1) is 30.5. The molecule has 0 spiro atoms. The third-order valence-electron chi connectivity index (χ3n) is 6.22. The van der Waals surface area contributed by atoms with Gasteiger partial charge in [-0.3, -0.25) is 13.9 Å². The number of anilines is 1. The van der Waals surface area contributed by atoms with Crippen molar-refractivity contribution in [3.05, 3.63) is 99.5 Å². The fourth-order valence-corrected chi connectivity index (χ4v) is 5.42. The molecule has 2 amide bonds. The van der Waals surface area contributed by atoms with E-state index in [4.69, 9.17) is 23.2 Å². The number of hydrogen-bond acceptors (Lipinski definition) is 4. The molecular weight excluding hydrogens is 557 g/mol. The molecule has 0 saturated carbocycles. The molecule has 0 aliphatic rings. The smallest absolute Gasteiger partial charge is 0.244 e. The summed E-state index contributed by atoms with van der Waals surface area (Å²) in [6.07, 6.45) is 2.03. The minimum absolute atomic E-state index is 0.0259. The second-order valence-electron chi connectivity index (χ2n) is 9.32. The minimum Gasteiger partial charge on any atom is -0.354 e.